The molecule has 4 nitrogen and oxygen atoms in total. The van der Waals surface area contributed by atoms with Crippen LogP contribution in [0.2, 0.25) is 0 Å². The van der Waals surface area contributed by atoms with Gasteiger partial charge in [0.2, 0.25) is 5.91 Å². The fourth-order valence-electron chi connectivity index (χ4n) is 2.54. The molecule has 108 valence electrons. The molecule has 0 aromatic carbocycles. The molecule has 0 saturated heterocycles. The van der Waals surface area contributed by atoms with Crippen molar-refractivity contribution in [3.05, 3.63) is 24.3 Å². The Kier molecular flexibility index (Phi) is 6.81. The van der Waals surface area contributed by atoms with Gasteiger partial charge in [0, 0.05) is 6.08 Å². The first-order valence-electron chi connectivity index (χ1n) is 7.03. The smallest absolute Gasteiger partial charge is 0.244 e. The Morgan fingerprint density at radius 2 is 2.00 bits per heavy atom. The third-order valence-electron chi connectivity index (χ3n) is 3.53. The monoisotopic (exact) mass is 267 g/mol. The zero-order valence-corrected chi connectivity index (χ0v) is 11.6. The fourth-order valence-corrected chi connectivity index (χ4v) is 2.54. The molecule has 1 unspecified atom stereocenters. The topological polar surface area (TPSA) is 69.6 Å². The molecule has 1 aliphatic carbocycles. The molecule has 19 heavy (non-hydrogen) atoms. The second-order valence-corrected chi connectivity index (χ2v) is 5.26. The van der Waals surface area contributed by atoms with Gasteiger partial charge in [0.25, 0.3) is 0 Å². The first kappa shape index (κ1) is 15.9. The quantitative estimate of drug-likeness (QED) is 0.506. The van der Waals surface area contributed by atoms with E-state index in [2.05, 4.69) is 5.32 Å². The Labute approximate surface area is 115 Å². The van der Waals surface area contributed by atoms with E-state index < -0.39 is 5.60 Å². The Bertz CT molecular complexity index is 330. The maximum absolute atomic E-state index is 11.6. The maximum atomic E-state index is 11.6. The van der Waals surface area contributed by atoms with Crippen LogP contribution in [-0.2, 0) is 4.79 Å². The first-order chi connectivity index (χ1) is 9.09. The van der Waals surface area contributed by atoms with E-state index in [1.54, 1.807) is 12.2 Å². The van der Waals surface area contributed by atoms with E-state index in [1.165, 1.54) is 6.08 Å². The van der Waals surface area contributed by atoms with Crippen molar-refractivity contribution in [1.82, 2.24) is 5.32 Å². The van der Waals surface area contributed by atoms with Crippen molar-refractivity contribution >= 4 is 5.91 Å². The normalized spacial score (nSPS) is 20.8. The number of carbonyl (C=O) groups excluding carboxylic acids is 1. The molecule has 4 heteroatoms. The third-order valence-corrected chi connectivity index (χ3v) is 3.53. The lowest BCUT2D eigenvalue weighted by atomic mass is 9.80. The van der Waals surface area contributed by atoms with Gasteiger partial charge in [-0.15, -0.1) is 0 Å². The molecular weight excluding hydrogens is 242 g/mol. The van der Waals surface area contributed by atoms with Crippen molar-refractivity contribution in [1.29, 1.82) is 0 Å². The Balaban J connectivity index is 2.46. The van der Waals surface area contributed by atoms with Gasteiger partial charge in [-0.2, -0.15) is 0 Å². The highest BCUT2D eigenvalue weighted by molar-refractivity contribution is 5.87. The van der Waals surface area contributed by atoms with Crippen molar-refractivity contribution < 1.29 is 15.0 Å². The summed E-state index contributed by atoms with van der Waals surface area (Å²) in [4.78, 5) is 11.6. The van der Waals surface area contributed by atoms with Crippen LogP contribution in [-0.4, -0.2) is 34.4 Å². The summed E-state index contributed by atoms with van der Waals surface area (Å²) in [5.74, 6) is -0.239. The van der Waals surface area contributed by atoms with E-state index >= 15 is 0 Å². The van der Waals surface area contributed by atoms with Gasteiger partial charge >= 0.3 is 0 Å². The molecule has 0 bridgehead atoms. The molecule has 1 aliphatic rings. The van der Waals surface area contributed by atoms with Gasteiger partial charge in [-0.3, -0.25) is 4.79 Å². The summed E-state index contributed by atoms with van der Waals surface area (Å²) in [6.45, 7) is 1.73. The number of aliphatic hydroxyl groups excluding tert-OH is 1. The van der Waals surface area contributed by atoms with Gasteiger partial charge < -0.3 is 15.5 Å². The minimum absolute atomic E-state index is 0.147. The molecule has 0 radical (unpaired) electrons. The van der Waals surface area contributed by atoms with Gasteiger partial charge in [0.05, 0.1) is 18.2 Å². The van der Waals surface area contributed by atoms with Crippen LogP contribution in [0.3, 0.4) is 0 Å². The molecule has 0 aromatic rings. The van der Waals surface area contributed by atoms with E-state index in [1.807, 2.05) is 13.0 Å². The lowest BCUT2D eigenvalue weighted by molar-refractivity contribution is -0.118. The summed E-state index contributed by atoms with van der Waals surface area (Å²) in [5, 5.41) is 22.5. The molecule has 0 heterocycles. The largest absolute Gasteiger partial charge is 0.394 e. The van der Waals surface area contributed by atoms with Crippen LogP contribution in [0.4, 0.5) is 0 Å². The maximum Gasteiger partial charge on any atom is 0.244 e. The molecule has 0 spiro atoms. The van der Waals surface area contributed by atoms with E-state index in [0.717, 1.165) is 32.1 Å². The third kappa shape index (κ3) is 6.03. The minimum Gasteiger partial charge on any atom is -0.394 e. The first-order valence-corrected chi connectivity index (χ1v) is 7.03. The molecule has 1 fully saturated rings. The number of carbonyl (C=O) groups is 1. The summed E-state index contributed by atoms with van der Waals surface area (Å²) in [6.07, 6.45) is 11.8. The van der Waals surface area contributed by atoms with Crippen molar-refractivity contribution in [3.8, 4) is 0 Å². The summed E-state index contributed by atoms with van der Waals surface area (Å²) in [5.41, 5.74) is -0.730. The summed E-state index contributed by atoms with van der Waals surface area (Å²) >= 11 is 0. The number of nitrogens with one attached hydrogen (secondary N) is 1. The average Bonchev–Trinajstić information content (AvgIpc) is 2.39. The number of amides is 1. The summed E-state index contributed by atoms with van der Waals surface area (Å²) in [6, 6.07) is -0.383. The Morgan fingerprint density at radius 1 is 1.32 bits per heavy atom. The summed E-state index contributed by atoms with van der Waals surface area (Å²) in [7, 11) is 0. The van der Waals surface area contributed by atoms with Crippen LogP contribution in [0.5, 0.6) is 0 Å². The van der Waals surface area contributed by atoms with Gasteiger partial charge in [-0.05, 0) is 26.2 Å². The Hall–Kier alpha value is -1.13. The van der Waals surface area contributed by atoms with E-state index in [4.69, 9.17) is 0 Å². The second kappa shape index (κ2) is 8.12. The highest BCUT2D eigenvalue weighted by Crippen LogP contribution is 2.31. The standard InChI is InChI=1S/C15H25NO3/c1-2-3-5-8-14(18)16-13(12-17)11-15(19)9-6-4-7-10-15/h2-3,5,8,13,17,19H,4,6-7,9-12H2,1H3,(H,16,18)/b3-2+,8-5+. The molecule has 1 amide bonds. The van der Waals surface area contributed by atoms with E-state index in [0.29, 0.717) is 6.42 Å². The van der Waals surface area contributed by atoms with Crippen molar-refractivity contribution in [2.24, 2.45) is 0 Å². The molecule has 1 saturated carbocycles. The van der Waals surface area contributed by atoms with Crippen LogP contribution in [0.25, 0.3) is 0 Å². The molecular formula is C15H25NO3. The average molecular weight is 267 g/mol. The van der Waals surface area contributed by atoms with Gasteiger partial charge in [0.1, 0.15) is 0 Å². The van der Waals surface area contributed by atoms with E-state index in [9.17, 15) is 15.0 Å². The second-order valence-electron chi connectivity index (χ2n) is 5.26. The number of rotatable bonds is 6. The molecule has 1 rings (SSSR count). The molecule has 3 N–H and O–H groups in total. The fraction of sp³-hybridized carbons (Fsp3) is 0.667. The van der Waals surface area contributed by atoms with Crippen LogP contribution in [0.15, 0.2) is 24.3 Å². The predicted molar refractivity (Wildman–Crippen MR) is 75.6 cm³/mol. The minimum atomic E-state index is -0.730. The van der Waals surface area contributed by atoms with Crippen LogP contribution >= 0.6 is 0 Å². The lowest BCUT2D eigenvalue weighted by Gasteiger charge is -2.34. The summed E-state index contributed by atoms with van der Waals surface area (Å²) < 4.78 is 0. The number of hydrogen-bond acceptors (Lipinski definition) is 3. The number of hydrogen-bond donors (Lipinski definition) is 3. The van der Waals surface area contributed by atoms with Gasteiger partial charge in [-0.1, -0.05) is 37.5 Å². The highest BCUT2D eigenvalue weighted by Gasteiger charge is 2.32. The highest BCUT2D eigenvalue weighted by atomic mass is 16.3. The molecule has 0 aromatic heterocycles. The zero-order valence-electron chi connectivity index (χ0n) is 11.6. The number of allylic oxidation sites excluding steroid dienone is 3. The Morgan fingerprint density at radius 3 is 2.58 bits per heavy atom. The van der Waals surface area contributed by atoms with Crippen LogP contribution in [0.1, 0.15) is 45.4 Å². The van der Waals surface area contributed by atoms with Gasteiger partial charge in [-0.25, -0.2) is 0 Å². The zero-order chi connectivity index (χ0) is 14.1. The molecule has 1 atom stereocenters. The van der Waals surface area contributed by atoms with Gasteiger partial charge in [0.15, 0.2) is 0 Å². The molecule has 0 aliphatic heterocycles. The lowest BCUT2D eigenvalue weighted by Crippen LogP contribution is -2.44. The van der Waals surface area contributed by atoms with Crippen molar-refractivity contribution in [3.63, 3.8) is 0 Å². The predicted octanol–water partition coefficient (Wildman–Crippen LogP) is 1.68. The van der Waals surface area contributed by atoms with Crippen LogP contribution in [0, 0.1) is 0 Å². The van der Waals surface area contributed by atoms with Crippen molar-refractivity contribution in [2.75, 3.05) is 6.61 Å². The number of aliphatic hydroxyl groups is 2. The van der Waals surface area contributed by atoms with Crippen LogP contribution < -0.4 is 5.32 Å². The van der Waals surface area contributed by atoms with Crippen molar-refractivity contribution in [2.45, 2.75) is 57.1 Å². The van der Waals surface area contributed by atoms with E-state index in [-0.39, 0.29) is 18.6 Å². The SMILES string of the molecule is C/C=C/C=C/C(=O)NC(CO)CC1(O)CCCCC1.